The van der Waals surface area contributed by atoms with Crippen LogP contribution in [0.15, 0.2) is 65.5 Å². The lowest BCUT2D eigenvalue weighted by molar-refractivity contribution is 0.284. The SMILES string of the molecule is COc1cc(/C=c2/sc3nc4ccccc4n3c2=O)cc(Cl)c1OCc1ccc(Cl)cc1. The molecule has 0 aliphatic carbocycles. The number of aromatic nitrogens is 2. The summed E-state index contributed by atoms with van der Waals surface area (Å²) < 4.78 is 13.6. The van der Waals surface area contributed by atoms with E-state index in [4.69, 9.17) is 32.7 Å². The Morgan fingerprint density at radius 2 is 1.88 bits per heavy atom. The molecule has 0 atom stereocenters. The number of hydrogen-bond acceptors (Lipinski definition) is 5. The second kappa shape index (κ2) is 8.47. The van der Waals surface area contributed by atoms with Gasteiger partial charge in [-0.1, -0.05) is 58.8 Å². The maximum atomic E-state index is 13.0. The highest BCUT2D eigenvalue weighted by Crippen LogP contribution is 2.37. The van der Waals surface area contributed by atoms with E-state index >= 15 is 0 Å². The van der Waals surface area contributed by atoms with Crippen LogP contribution in [0.4, 0.5) is 0 Å². The van der Waals surface area contributed by atoms with E-state index in [1.807, 2.05) is 36.4 Å². The molecule has 0 fully saturated rings. The van der Waals surface area contributed by atoms with E-state index in [0.717, 1.165) is 22.2 Å². The van der Waals surface area contributed by atoms with E-state index in [-0.39, 0.29) is 5.56 Å². The molecular formula is C24H16Cl2N2O3S. The molecule has 0 saturated heterocycles. The summed E-state index contributed by atoms with van der Waals surface area (Å²) in [6.45, 7) is 0.316. The van der Waals surface area contributed by atoms with Crippen molar-refractivity contribution in [2.75, 3.05) is 7.11 Å². The molecule has 0 aliphatic heterocycles. The Hall–Kier alpha value is -3.06. The van der Waals surface area contributed by atoms with Crippen molar-refractivity contribution >= 4 is 56.6 Å². The predicted molar refractivity (Wildman–Crippen MR) is 129 cm³/mol. The molecule has 0 radical (unpaired) electrons. The van der Waals surface area contributed by atoms with Gasteiger partial charge in [0.15, 0.2) is 16.5 Å². The first-order chi connectivity index (χ1) is 15.5. The van der Waals surface area contributed by atoms with E-state index in [9.17, 15) is 4.79 Å². The second-order valence-corrected chi connectivity index (χ2v) is 8.94. The number of methoxy groups -OCH3 is 1. The van der Waals surface area contributed by atoms with E-state index in [2.05, 4.69) is 4.98 Å². The Kier molecular flexibility index (Phi) is 5.51. The van der Waals surface area contributed by atoms with Gasteiger partial charge >= 0.3 is 0 Å². The topological polar surface area (TPSA) is 52.8 Å². The molecule has 5 rings (SSSR count). The number of fused-ring (bicyclic) bond motifs is 3. The molecule has 5 aromatic rings. The van der Waals surface area contributed by atoms with E-state index < -0.39 is 0 Å². The highest BCUT2D eigenvalue weighted by atomic mass is 35.5. The zero-order valence-corrected chi connectivity index (χ0v) is 19.2. The summed E-state index contributed by atoms with van der Waals surface area (Å²) in [5.74, 6) is 0.924. The molecule has 0 bridgehead atoms. The first kappa shape index (κ1) is 20.8. The third-order valence-corrected chi connectivity index (χ3v) is 6.49. The van der Waals surface area contributed by atoms with Crippen molar-refractivity contribution in [2.45, 2.75) is 6.61 Å². The van der Waals surface area contributed by atoms with Crippen LogP contribution in [0.25, 0.3) is 22.1 Å². The normalized spacial score (nSPS) is 12.0. The molecule has 160 valence electrons. The van der Waals surface area contributed by atoms with Crippen molar-refractivity contribution in [3.05, 3.63) is 96.7 Å². The first-order valence-electron chi connectivity index (χ1n) is 9.70. The Labute approximate surface area is 197 Å². The third-order valence-electron chi connectivity index (χ3n) is 4.99. The predicted octanol–water partition coefficient (Wildman–Crippen LogP) is 5.35. The van der Waals surface area contributed by atoms with E-state index in [1.165, 1.54) is 11.3 Å². The molecule has 0 unspecified atom stereocenters. The molecule has 32 heavy (non-hydrogen) atoms. The van der Waals surface area contributed by atoms with Crippen LogP contribution in [0, 0.1) is 0 Å². The highest BCUT2D eigenvalue weighted by Gasteiger charge is 2.14. The minimum Gasteiger partial charge on any atom is -0.493 e. The van der Waals surface area contributed by atoms with Crippen LogP contribution >= 0.6 is 34.5 Å². The summed E-state index contributed by atoms with van der Waals surface area (Å²) in [5.41, 5.74) is 3.17. The molecule has 3 aromatic carbocycles. The molecule has 0 aliphatic rings. The summed E-state index contributed by atoms with van der Waals surface area (Å²) in [6, 6.07) is 18.5. The fourth-order valence-corrected chi connectivity index (χ4v) is 4.85. The van der Waals surface area contributed by atoms with Gasteiger partial charge in [0.2, 0.25) is 0 Å². The van der Waals surface area contributed by atoms with Crippen LogP contribution in [0.3, 0.4) is 0 Å². The van der Waals surface area contributed by atoms with Crippen LogP contribution in [0.1, 0.15) is 11.1 Å². The molecule has 0 N–H and O–H groups in total. The number of halogens is 2. The van der Waals surface area contributed by atoms with Crippen LogP contribution in [0.5, 0.6) is 11.5 Å². The number of benzene rings is 3. The molecule has 0 amide bonds. The number of imidazole rings is 1. The van der Waals surface area contributed by atoms with Gasteiger partial charge in [-0.15, -0.1) is 0 Å². The summed E-state index contributed by atoms with van der Waals surface area (Å²) >= 11 is 13.8. The first-order valence-corrected chi connectivity index (χ1v) is 11.3. The maximum absolute atomic E-state index is 13.0. The fraction of sp³-hybridized carbons (Fsp3) is 0.0833. The zero-order valence-electron chi connectivity index (χ0n) is 16.8. The largest absolute Gasteiger partial charge is 0.493 e. The second-order valence-electron chi connectivity index (χ2n) is 7.08. The number of rotatable bonds is 5. The van der Waals surface area contributed by atoms with Gasteiger partial charge in [0, 0.05) is 5.02 Å². The van der Waals surface area contributed by atoms with E-state index in [1.54, 1.807) is 41.9 Å². The molecular weight excluding hydrogens is 467 g/mol. The Morgan fingerprint density at radius 1 is 1.09 bits per heavy atom. The van der Waals surface area contributed by atoms with Gasteiger partial charge in [-0.25, -0.2) is 9.38 Å². The van der Waals surface area contributed by atoms with Crippen molar-refractivity contribution in [1.29, 1.82) is 0 Å². The van der Waals surface area contributed by atoms with Gasteiger partial charge in [0.1, 0.15) is 6.61 Å². The lowest BCUT2D eigenvalue weighted by atomic mass is 10.2. The van der Waals surface area contributed by atoms with Crippen molar-refractivity contribution in [2.24, 2.45) is 0 Å². The smallest absolute Gasteiger partial charge is 0.274 e. The molecule has 2 aromatic heterocycles. The van der Waals surface area contributed by atoms with Crippen molar-refractivity contribution in [3.63, 3.8) is 0 Å². The summed E-state index contributed by atoms with van der Waals surface area (Å²) in [4.78, 5) is 18.2. The quantitative estimate of drug-likeness (QED) is 0.338. The maximum Gasteiger partial charge on any atom is 0.274 e. The lowest BCUT2D eigenvalue weighted by Gasteiger charge is -2.13. The Morgan fingerprint density at radius 3 is 2.66 bits per heavy atom. The molecule has 0 saturated carbocycles. The summed E-state index contributed by atoms with van der Waals surface area (Å²) in [7, 11) is 1.55. The van der Waals surface area contributed by atoms with Crippen LogP contribution in [-0.2, 0) is 6.61 Å². The van der Waals surface area contributed by atoms with E-state index in [0.29, 0.717) is 37.6 Å². The monoisotopic (exact) mass is 482 g/mol. The summed E-state index contributed by atoms with van der Waals surface area (Å²) in [5, 5.41) is 1.06. The number of nitrogens with zero attached hydrogens (tertiary/aromatic N) is 2. The van der Waals surface area contributed by atoms with Gasteiger partial charge in [-0.2, -0.15) is 0 Å². The Balaban J connectivity index is 1.51. The minimum atomic E-state index is -0.114. The molecule has 8 heteroatoms. The van der Waals surface area contributed by atoms with Gasteiger partial charge in [0.05, 0.1) is 27.7 Å². The molecule has 0 spiro atoms. The van der Waals surface area contributed by atoms with Crippen molar-refractivity contribution < 1.29 is 9.47 Å². The Bertz CT molecular complexity index is 1560. The van der Waals surface area contributed by atoms with Gasteiger partial charge < -0.3 is 9.47 Å². The molecule has 5 nitrogen and oxygen atoms in total. The van der Waals surface area contributed by atoms with Crippen molar-refractivity contribution in [1.82, 2.24) is 9.38 Å². The fourth-order valence-electron chi connectivity index (χ4n) is 3.46. The van der Waals surface area contributed by atoms with Gasteiger partial charge in [-0.3, -0.25) is 4.79 Å². The number of ether oxygens (including phenoxy) is 2. The summed E-state index contributed by atoms with van der Waals surface area (Å²) in [6.07, 6.45) is 1.79. The van der Waals surface area contributed by atoms with Crippen molar-refractivity contribution in [3.8, 4) is 11.5 Å². The molecule has 2 heterocycles. The van der Waals surface area contributed by atoms with Gasteiger partial charge in [-0.05, 0) is 53.6 Å². The van der Waals surface area contributed by atoms with Crippen LogP contribution in [0.2, 0.25) is 10.0 Å². The average molecular weight is 483 g/mol. The highest BCUT2D eigenvalue weighted by molar-refractivity contribution is 7.15. The third kappa shape index (κ3) is 3.81. The lowest BCUT2D eigenvalue weighted by Crippen LogP contribution is -2.22. The van der Waals surface area contributed by atoms with Crippen LogP contribution < -0.4 is 19.6 Å². The number of hydrogen-bond donors (Lipinski definition) is 0. The standard InChI is InChI=1S/C24H16Cl2N2O3S/c1-30-20-11-15(10-17(26)22(20)31-13-14-6-8-16(25)9-7-14)12-21-23(29)28-19-5-3-2-4-18(19)27-24(28)32-21/h2-12H,13H2,1H3/b21-12+. The zero-order chi connectivity index (χ0) is 22.2. The van der Waals surface area contributed by atoms with Gasteiger partial charge in [0.25, 0.3) is 5.56 Å². The number of para-hydroxylation sites is 2. The minimum absolute atomic E-state index is 0.114. The van der Waals surface area contributed by atoms with Crippen LogP contribution in [-0.4, -0.2) is 16.5 Å². The number of thiazole rings is 1. The average Bonchev–Trinajstić information content (AvgIpc) is 3.30.